The second-order valence-electron chi connectivity index (χ2n) is 2.04. The molecule has 0 saturated heterocycles. The summed E-state index contributed by atoms with van der Waals surface area (Å²) in [6.45, 7) is 0.908. The lowest BCUT2D eigenvalue weighted by atomic mass is 10.2. The fourth-order valence-electron chi connectivity index (χ4n) is 0.745. The number of nitriles is 1. The van der Waals surface area contributed by atoms with Crippen molar-refractivity contribution < 1.29 is 0 Å². The van der Waals surface area contributed by atoms with Crippen molar-refractivity contribution in [2.45, 2.75) is 0 Å². The van der Waals surface area contributed by atoms with E-state index >= 15 is 0 Å². The Balaban J connectivity index is 2.74. The van der Waals surface area contributed by atoms with E-state index in [0.29, 0.717) is 0 Å². The minimum absolute atomic E-state index is 0.726. The Hall–Kier alpha value is -1.23. The van der Waals surface area contributed by atoms with E-state index in [0.717, 1.165) is 12.1 Å². The predicted molar refractivity (Wildman–Crippen MR) is 35.5 cm³/mol. The molecule has 0 atom stereocenters. The van der Waals surface area contributed by atoms with Gasteiger partial charge in [0.1, 0.15) is 6.07 Å². The molecule has 2 heteroatoms. The van der Waals surface area contributed by atoms with Gasteiger partial charge in [-0.2, -0.15) is 5.26 Å². The smallest absolute Gasteiger partial charge is 0.101 e. The van der Waals surface area contributed by atoms with Crippen molar-refractivity contribution in [1.29, 1.82) is 5.26 Å². The molecule has 0 spiro atoms. The van der Waals surface area contributed by atoms with Crippen LogP contribution in [0.3, 0.4) is 0 Å². The average Bonchev–Trinajstić information content (AvgIpc) is 1.88. The maximum Gasteiger partial charge on any atom is 0.101 e. The third-order valence-electron chi connectivity index (χ3n) is 1.18. The van der Waals surface area contributed by atoms with E-state index in [-0.39, 0.29) is 0 Å². The van der Waals surface area contributed by atoms with Gasteiger partial charge in [-0.25, -0.2) is 0 Å². The molecule has 0 fully saturated rings. The molecule has 9 heavy (non-hydrogen) atoms. The second-order valence-corrected chi connectivity index (χ2v) is 2.04. The van der Waals surface area contributed by atoms with E-state index in [2.05, 4.69) is 6.07 Å². The number of allylic oxidation sites excluding steroid dienone is 2. The molecule has 0 bridgehead atoms. The highest BCUT2D eigenvalue weighted by atomic mass is 15.1. The van der Waals surface area contributed by atoms with Gasteiger partial charge in [-0.3, -0.25) is 0 Å². The van der Waals surface area contributed by atoms with Crippen molar-refractivity contribution in [2.24, 2.45) is 0 Å². The molecule has 0 aromatic heterocycles. The quantitative estimate of drug-likeness (QED) is 0.474. The molecule has 0 aromatic carbocycles. The van der Waals surface area contributed by atoms with Gasteiger partial charge in [0.2, 0.25) is 0 Å². The molecular weight excluding hydrogens is 112 g/mol. The van der Waals surface area contributed by atoms with Crippen molar-refractivity contribution in [3.8, 4) is 6.07 Å². The van der Waals surface area contributed by atoms with Crippen LogP contribution in [0.1, 0.15) is 0 Å². The molecule has 46 valence electrons. The van der Waals surface area contributed by atoms with E-state index in [1.807, 2.05) is 30.3 Å². The normalized spacial score (nSPS) is 16.9. The van der Waals surface area contributed by atoms with Gasteiger partial charge in [-0.1, -0.05) is 6.08 Å². The first-order valence-electron chi connectivity index (χ1n) is 2.81. The number of hydrogen-bond donors (Lipinski definition) is 0. The van der Waals surface area contributed by atoms with Crippen molar-refractivity contribution in [3.05, 3.63) is 23.9 Å². The third-order valence-corrected chi connectivity index (χ3v) is 1.18. The number of hydrogen-bond acceptors (Lipinski definition) is 2. The van der Waals surface area contributed by atoms with Crippen LogP contribution >= 0.6 is 0 Å². The minimum atomic E-state index is 0.726. The van der Waals surface area contributed by atoms with Crippen molar-refractivity contribution >= 4 is 0 Å². The Bertz CT molecular complexity index is 195. The Labute approximate surface area is 54.7 Å². The summed E-state index contributed by atoms with van der Waals surface area (Å²) < 4.78 is 0. The predicted octanol–water partition coefficient (Wildman–Crippen LogP) is 0.895. The van der Waals surface area contributed by atoms with Crippen LogP contribution in [0.15, 0.2) is 23.9 Å². The minimum Gasteiger partial charge on any atom is -0.376 e. The van der Waals surface area contributed by atoms with Crippen LogP contribution in [0.2, 0.25) is 0 Å². The van der Waals surface area contributed by atoms with Gasteiger partial charge in [0.05, 0.1) is 5.57 Å². The van der Waals surface area contributed by atoms with Crippen LogP contribution < -0.4 is 0 Å². The van der Waals surface area contributed by atoms with Crippen LogP contribution in [0.5, 0.6) is 0 Å². The van der Waals surface area contributed by atoms with E-state index in [1.165, 1.54) is 0 Å². The first kappa shape index (κ1) is 5.90. The summed E-state index contributed by atoms with van der Waals surface area (Å²) in [5, 5.41) is 8.41. The van der Waals surface area contributed by atoms with Crippen LogP contribution in [0, 0.1) is 11.3 Å². The molecular formula is C7H8N2. The van der Waals surface area contributed by atoms with Crippen LogP contribution in [-0.4, -0.2) is 18.5 Å². The van der Waals surface area contributed by atoms with Gasteiger partial charge >= 0.3 is 0 Å². The number of rotatable bonds is 0. The zero-order chi connectivity index (χ0) is 6.69. The Morgan fingerprint density at radius 3 is 3.00 bits per heavy atom. The van der Waals surface area contributed by atoms with Gasteiger partial charge in [-0.05, 0) is 6.08 Å². The SMILES string of the molecule is CN1C=C(C#N)C=CC1. The number of nitrogens with zero attached hydrogens (tertiary/aromatic N) is 2. The maximum absolute atomic E-state index is 8.41. The molecule has 1 aliphatic rings. The first-order chi connectivity index (χ1) is 4.33. The summed E-state index contributed by atoms with van der Waals surface area (Å²) in [4.78, 5) is 1.97. The largest absolute Gasteiger partial charge is 0.376 e. The van der Waals surface area contributed by atoms with Crippen molar-refractivity contribution in [3.63, 3.8) is 0 Å². The van der Waals surface area contributed by atoms with Gasteiger partial charge in [0.25, 0.3) is 0 Å². The molecule has 0 saturated carbocycles. The molecule has 0 unspecified atom stereocenters. The highest BCUT2D eigenvalue weighted by Gasteiger charge is 1.97. The summed E-state index contributed by atoms with van der Waals surface area (Å²) in [6, 6.07) is 2.07. The van der Waals surface area contributed by atoms with Crippen LogP contribution in [-0.2, 0) is 0 Å². The number of likely N-dealkylation sites (N-methyl/N-ethyl adjacent to an activating group) is 1. The highest BCUT2D eigenvalue weighted by Crippen LogP contribution is 2.02. The zero-order valence-electron chi connectivity index (χ0n) is 5.33. The molecule has 1 aliphatic heterocycles. The average molecular weight is 120 g/mol. The third kappa shape index (κ3) is 1.33. The lowest BCUT2D eigenvalue weighted by Crippen LogP contribution is -2.13. The van der Waals surface area contributed by atoms with Crippen LogP contribution in [0.25, 0.3) is 0 Å². The topological polar surface area (TPSA) is 27.0 Å². The lowest BCUT2D eigenvalue weighted by Gasteiger charge is -2.13. The molecule has 2 nitrogen and oxygen atoms in total. The van der Waals surface area contributed by atoms with E-state index in [9.17, 15) is 0 Å². The van der Waals surface area contributed by atoms with Crippen molar-refractivity contribution in [1.82, 2.24) is 4.90 Å². The van der Waals surface area contributed by atoms with Crippen molar-refractivity contribution in [2.75, 3.05) is 13.6 Å². The molecule has 0 radical (unpaired) electrons. The van der Waals surface area contributed by atoms with Gasteiger partial charge in [-0.15, -0.1) is 0 Å². The van der Waals surface area contributed by atoms with Gasteiger partial charge < -0.3 is 4.90 Å². The summed E-state index contributed by atoms with van der Waals surface area (Å²) >= 11 is 0. The highest BCUT2D eigenvalue weighted by molar-refractivity contribution is 5.34. The molecule has 0 aromatic rings. The molecule has 1 heterocycles. The van der Waals surface area contributed by atoms with Gasteiger partial charge in [0.15, 0.2) is 0 Å². The first-order valence-corrected chi connectivity index (χ1v) is 2.81. The summed E-state index contributed by atoms with van der Waals surface area (Å²) in [6.07, 6.45) is 5.64. The summed E-state index contributed by atoms with van der Waals surface area (Å²) in [5.74, 6) is 0. The van der Waals surface area contributed by atoms with E-state index in [4.69, 9.17) is 5.26 Å². The Morgan fingerprint density at radius 1 is 1.78 bits per heavy atom. The summed E-state index contributed by atoms with van der Waals surface area (Å²) in [5.41, 5.74) is 0.726. The molecule has 1 rings (SSSR count). The lowest BCUT2D eigenvalue weighted by molar-refractivity contribution is 0.502. The molecule has 0 amide bonds. The summed E-state index contributed by atoms with van der Waals surface area (Å²) in [7, 11) is 1.95. The Kier molecular flexibility index (Phi) is 1.55. The second kappa shape index (κ2) is 2.36. The van der Waals surface area contributed by atoms with E-state index in [1.54, 1.807) is 0 Å². The van der Waals surface area contributed by atoms with E-state index < -0.39 is 0 Å². The zero-order valence-corrected chi connectivity index (χ0v) is 5.33. The fraction of sp³-hybridized carbons (Fsp3) is 0.286. The Morgan fingerprint density at radius 2 is 2.56 bits per heavy atom. The maximum atomic E-state index is 8.41. The van der Waals surface area contributed by atoms with Gasteiger partial charge in [0, 0.05) is 19.8 Å². The molecule has 0 N–H and O–H groups in total. The monoisotopic (exact) mass is 120 g/mol. The fourth-order valence-corrected chi connectivity index (χ4v) is 0.745. The van der Waals surface area contributed by atoms with Crippen LogP contribution in [0.4, 0.5) is 0 Å². The molecule has 0 aliphatic carbocycles. The standard InChI is InChI=1S/C7H8N2/c1-9-4-2-3-7(5-8)6-9/h2-3,6H,4H2,1H3.